The second-order valence-electron chi connectivity index (χ2n) is 7.21. The van der Waals surface area contributed by atoms with Crippen LogP contribution in [0.15, 0.2) is 67.1 Å². The van der Waals surface area contributed by atoms with Crippen LogP contribution in [0.4, 0.5) is 0 Å². The topological polar surface area (TPSA) is 86.1 Å². The molecule has 1 N–H and O–H groups in total. The maximum atomic E-state index is 12.2. The van der Waals surface area contributed by atoms with E-state index in [1.165, 1.54) is 11.8 Å². The molecular formula is C22H22N4O3. The molecule has 1 aliphatic carbocycles. The second-order valence-corrected chi connectivity index (χ2v) is 7.21. The number of nitrogens with zero attached hydrogens (tertiary/aromatic N) is 3. The summed E-state index contributed by atoms with van der Waals surface area (Å²) in [6.07, 6.45) is 8.07. The maximum absolute atomic E-state index is 12.2. The van der Waals surface area contributed by atoms with Crippen molar-refractivity contribution in [1.82, 2.24) is 20.1 Å². The molecule has 29 heavy (non-hydrogen) atoms. The molecule has 2 heterocycles. The van der Waals surface area contributed by atoms with Crippen molar-refractivity contribution < 1.29 is 14.3 Å². The number of carbonyl (C=O) groups excluding carboxylic acids is 2. The zero-order chi connectivity index (χ0) is 20.1. The van der Waals surface area contributed by atoms with Gasteiger partial charge in [-0.2, -0.15) is 5.10 Å². The first-order valence-electron chi connectivity index (χ1n) is 9.62. The number of benzene rings is 1. The number of rotatable bonds is 7. The summed E-state index contributed by atoms with van der Waals surface area (Å²) in [6.45, 7) is 0.234. The quantitative estimate of drug-likeness (QED) is 0.627. The van der Waals surface area contributed by atoms with Gasteiger partial charge in [0.25, 0.3) is 5.91 Å². The largest absolute Gasteiger partial charge is 0.452 e. The molecule has 2 aromatic heterocycles. The van der Waals surface area contributed by atoms with Crippen LogP contribution in [-0.2, 0) is 14.9 Å². The molecule has 4 rings (SSSR count). The van der Waals surface area contributed by atoms with Crippen LogP contribution in [-0.4, -0.2) is 39.8 Å². The van der Waals surface area contributed by atoms with Gasteiger partial charge in [-0.05, 0) is 36.6 Å². The lowest BCUT2D eigenvalue weighted by atomic mass is 9.64. The van der Waals surface area contributed by atoms with E-state index in [2.05, 4.69) is 27.5 Å². The van der Waals surface area contributed by atoms with Crippen molar-refractivity contribution in [2.75, 3.05) is 13.2 Å². The summed E-state index contributed by atoms with van der Waals surface area (Å²) in [4.78, 5) is 28.6. The highest BCUT2D eigenvalue weighted by molar-refractivity contribution is 5.91. The predicted octanol–water partition coefficient (Wildman–Crippen LogP) is 2.66. The first-order valence-corrected chi connectivity index (χ1v) is 9.62. The molecule has 0 saturated heterocycles. The molecular weight excluding hydrogens is 368 g/mol. The lowest BCUT2D eigenvalue weighted by Crippen LogP contribution is -2.46. The lowest BCUT2D eigenvalue weighted by Gasteiger charge is -2.42. The monoisotopic (exact) mass is 390 g/mol. The highest BCUT2D eigenvalue weighted by Crippen LogP contribution is 2.43. The first kappa shape index (κ1) is 18.9. The molecule has 0 aliphatic heterocycles. The minimum atomic E-state index is -0.582. The van der Waals surface area contributed by atoms with Gasteiger partial charge in [-0.3, -0.25) is 4.79 Å². The fourth-order valence-electron chi connectivity index (χ4n) is 3.54. The van der Waals surface area contributed by atoms with Gasteiger partial charge in [0.15, 0.2) is 12.4 Å². The number of esters is 1. The Morgan fingerprint density at radius 3 is 2.55 bits per heavy atom. The zero-order valence-electron chi connectivity index (χ0n) is 16.0. The van der Waals surface area contributed by atoms with Crippen molar-refractivity contribution in [3.63, 3.8) is 0 Å². The Bertz CT molecular complexity index is 965. The number of hydrogen-bond donors (Lipinski definition) is 1. The Kier molecular flexibility index (Phi) is 5.37. The SMILES string of the molecule is O=C(COC(=O)c1ccc(-n2cccn2)nc1)NCC1(c2ccccc2)CCC1. The van der Waals surface area contributed by atoms with Crippen molar-refractivity contribution >= 4 is 11.9 Å². The first-order chi connectivity index (χ1) is 14.2. The average molecular weight is 390 g/mol. The molecule has 3 aromatic rings. The molecule has 0 radical (unpaired) electrons. The molecule has 148 valence electrons. The van der Waals surface area contributed by atoms with Crippen LogP contribution in [0.1, 0.15) is 35.2 Å². The molecule has 1 aliphatic rings. The van der Waals surface area contributed by atoms with Gasteiger partial charge in [0.2, 0.25) is 0 Å². The number of nitrogens with one attached hydrogen (secondary N) is 1. The van der Waals surface area contributed by atoms with Gasteiger partial charge in [-0.15, -0.1) is 0 Å². The summed E-state index contributed by atoms with van der Waals surface area (Å²) in [5.74, 6) is -0.293. The van der Waals surface area contributed by atoms with Crippen LogP contribution in [0.25, 0.3) is 5.82 Å². The van der Waals surface area contributed by atoms with E-state index in [1.54, 1.807) is 35.3 Å². The third kappa shape index (κ3) is 4.18. The fourth-order valence-corrected chi connectivity index (χ4v) is 3.54. The molecule has 1 aromatic carbocycles. The predicted molar refractivity (Wildman–Crippen MR) is 107 cm³/mol. The molecule has 0 bridgehead atoms. The summed E-state index contributed by atoms with van der Waals surface area (Å²) >= 11 is 0. The lowest BCUT2D eigenvalue weighted by molar-refractivity contribution is -0.124. The van der Waals surface area contributed by atoms with E-state index in [4.69, 9.17) is 4.74 Å². The van der Waals surface area contributed by atoms with Crippen LogP contribution >= 0.6 is 0 Å². The number of pyridine rings is 1. The number of amides is 1. The Labute approximate surface area is 168 Å². The van der Waals surface area contributed by atoms with E-state index < -0.39 is 5.97 Å². The Morgan fingerprint density at radius 1 is 1.10 bits per heavy atom. The van der Waals surface area contributed by atoms with Crippen LogP contribution in [0.2, 0.25) is 0 Å². The van der Waals surface area contributed by atoms with Gasteiger partial charge in [0, 0.05) is 30.6 Å². The van der Waals surface area contributed by atoms with Crippen molar-refractivity contribution in [3.05, 3.63) is 78.2 Å². The van der Waals surface area contributed by atoms with Crippen LogP contribution < -0.4 is 5.32 Å². The van der Waals surface area contributed by atoms with Gasteiger partial charge >= 0.3 is 5.97 Å². The number of carbonyl (C=O) groups is 2. The Hall–Kier alpha value is -3.48. The smallest absolute Gasteiger partial charge is 0.340 e. The van der Waals surface area contributed by atoms with Crippen molar-refractivity contribution in [1.29, 1.82) is 0 Å². The highest BCUT2D eigenvalue weighted by atomic mass is 16.5. The highest BCUT2D eigenvalue weighted by Gasteiger charge is 2.38. The van der Waals surface area contributed by atoms with Crippen molar-refractivity contribution in [2.24, 2.45) is 0 Å². The second kappa shape index (κ2) is 8.26. The summed E-state index contributed by atoms with van der Waals surface area (Å²) in [5.41, 5.74) is 1.52. The third-order valence-corrected chi connectivity index (χ3v) is 5.38. The number of hydrogen-bond acceptors (Lipinski definition) is 5. The van der Waals surface area contributed by atoms with E-state index >= 15 is 0 Å². The van der Waals surface area contributed by atoms with E-state index in [1.807, 2.05) is 18.2 Å². The minimum Gasteiger partial charge on any atom is -0.452 e. The Morgan fingerprint density at radius 2 is 1.93 bits per heavy atom. The van der Waals surface area contributed by atoms with Crippen molar-refractivity contribution in [3.8, 4) is 5.82 Å². The molecule has 0 atom stereocenters. The summed E-state index contributed by atoms with van der Waals surface area (Å²) < 4.78 is 6.72. The van der Waals surface area contributed by atoms with E-state index in [-0.39, 0.29) is 23.5 Å². The van der Waals surface area contributed by atoms with Crippen LogP contribution in [0, 0.1) is 0 Å². The third-order valence-electron chi connectivity index (χ3n) is 5.38. The van der Waals surface area contributed by atoms with Crippen LogP contribution in [0.5, 0.6) is 0 Å². The summed E-state index contributed by atoms with van der Waals surface area (Å²) in [5, 5.41) is 6.99. The number of ether oxygens (including phenoxy) is 1. The van der Waals surface area contributed by atoms with Gasteiger partial charge in [0.05, 0.1) is 5.56 Å². The fraction of sp³-hybridized carbons (Fsp3) is 0.273. The molecule has 0 spiro atoms. The summed E-state index contributed by atoms with van der Waals surface area (Å²) in [6, 6.07) is 15.3. The van der Waals surface area contributed by atoms with Crippen molar-refractivity contribution in [2.45, 2.75) is 24.7 Å². The van der Waals surface area contributed by atoms with E-state index in [9.17, 15) is 9.59 Å². The van der Waals surface area contributed by atoms with E-state index in [0.29, 0.717) is 12.4 Å². The van der Waals surface area contributed by atoms with Gasteiger partial charge in [-0.1, -0.05) is 36.8 Å². The van der Waals surface area contributed by atoms with E-state index in [0.717, 1.165) is 19.3 Å². The normalized spacial score (nSPS) is 14.6. The molecule has 1 amide bonds. The molecule has 1 fully saturated rings. The maximum Gasteiger partial charge on any atom is 0.340 e. The molecule has 1 saturated carbocycles. The van der Waals surface area contributed by atoms with Crippen LogP contribution in [0.3, 0.4) is 0 Å². The number of aromatic nitrogens is 3. The molecule has 0 unspecified atom stereocenters. The average Bonchev–Trinajstić information content (AvgIpc) is 3.27. The zero-order valence-corrected chi connectivity index (χ0v) is 16.0. The standard InChI is InChI=1S/C22H22N4O3/c27-20(24-16-22(10-4-11-22)18-6-2-1-3-7-18)15-29-21(28)17-8-9-19(23-14-17)26-13-5-12-25-26/h1-3,5-9,12-14H,4,10-11,15-16H2,(H,24,27). The minimum absolute atomic E-state index is 0.00677. The van der Waals surface area contributed by atoms with Gasteiger partial charge in [0.1, 0.15) is 0 Å². The van der Waals surface area contributed by atoms with Gasteiger partial charge < -0.3 is 10.1 Å². The molecule has 7 heteroatoms. The van der Waals surface area contributed by atoms with Gasteiger partial charge in [-0.25, -0.2) is 14.5 Å². The summed E-state index contributed by atoms with van der Waals surface area (Å²) in [7, 11) is 0. The Balaban J connectivity index is 1.28. The molecule has 7 nitrogen and oxygen atoms in total.